The molecule has 3 aromatic carbocycles. The predicted molar refractivity (Wildman–Crippen MR) is 162 cm³/mol. The van der Waals surface area contributed by atoms with Gasteiger partial charge in [0.2, 0.25) is 5.88 Å². The van der Waals surface area contributed by atoms with Crippen molar-refractivity contribution in [3.8, 4) is 34.2 Å². The fourth-order valence-corrected chi connectivity index (χ4v) is 5.88. The summed E-state index contributed by atoms with van der Waals surface area (Å²) in [7, 11) is 0. The van der Waals surface area contributed by atoms with Gasteiger partial charge in [0.05, 0.1) is 16.4 Å². The Kier molecular flexibility index (Phi) is 7.32. The van der Waals surface area contributed by atoms with Crippen molar-refractivity contribution in [1.29, 1.82) is 5.26 Å². The summed E-state index contributed by atoms with van der Waals surface area (Å²) in [4.78, 5) is 26.8. The number of fused-ring (bicyclic) bond motifs is 1. The zero-order valence-electron chi connectivity index (χ0n) is 22.1. The maximum absolute atomic E-state index is 12.9. The number of benzene rings is 3. The molecule has 10 heteroatoms. The molecule has 0 fully saturated rings. The van der Waals surface area contributed by atoms with Crippen molar-refractivity contribution in [2.45, 2.75) is 6.92 Å². The van der Waals surface area contributed by atoms with E-state index in [0.29, 0.717) is 26.9 Å². The van der Waals surface area contributed by atoms with Crippen LogP contribution in [-0.4, -0.2) is 28.3 Å². The predicted octanol–water partition coefficient (Wildman–Crippen LogP) is 7.64. The number of carbonyl (C=O) groups is 2. The minimum Gasteiger partial charge on any atom is -0.451 e. The van der Waals surface area contributed by atoms with Crippen molar-refractivity contribution < 1.29 is 18.7 Å². The zero-order chi connectivity index (χ0) is 29.2. The van der Waals surface area contributed by atoms with E-state index in [-0.39, 0.29) is 11.4 Å². The topological polar surface area (TPSA) is 110 Å². The number of carbonyl (C=O) groups excluding carboxylic acids is 2. The first-order valence-corrected chi connectivity index (χ1v) is 14.0. The number of halogens is 1. The van der Waals surface area contributed by atoms with Crippen LogP contribution in [0.25, 0.3) is 38.4 Å². The van der Waals surface area contributed by atoms with Gasteiger partial charge in [0.15, 0.2) is 6.61 Å². The number of hydrogen-bond donors (Lipinski definition) is 1. The van der Waals surface area contributed by atoms with E-state index in [1.54, 1.807) is 16.8 Å². The summed E-state index contributed by atoms with van der Waals surface area (Å²) in [6.45, 7) is 1.27. The molecule has 1 N–H and O–H groups in total. The van der Waals surface area contributed by atoms with Crippen LogP contribution in [0, 0.1) is 18.3 Å². The number of para-hydroxylation sites is 1. The Balaban J connectivity index is 1.22. The second-order valence-electron chi connectivity index (χ2n) is 9.26. The van der Waals surface area contributed by atoms with Crippen LogP contribution in [0.15, 0.2) is 95.4 Å². The van der Waals surface area contributed by atoms with E-state index >= 15 is 0 Å². The molecule has 0 atom stereocenters. The van der Waals surface area contributed by atoms with Gasteiger partial charge in [-0.05, 0) is 30.7 Å². The molecule has 0 spiro atoms. The molecule has 0 aliphatic heterocycles. The van der Waals surface area contributed by atoms with Crippen molar-refractivity contribution in [2.24, 2.45) is 0 Å². The molecule has 0 saturated heterocycles. The maximum atomic E-state index is 12.9. The van der Waals surface area contributed by atoms with Gasteiger partial charge in [-0.15, -0.1) is 11.3 Å². The van der Waals surface area contributed by atoms with Gasteiger partial charge in [-0.2, -0.15) is 10.4 Å². The summed E-state index contributed by atoms with van der Waals surface area (Å²) in [6, 6.07) is 29.8. The number of esters is 1. The van der Waals surface area contributed by atoms with Gasteiger partial charge in [0, 0.05) is 16.5 Å². The highest BCUT2D eigenvalue weighted by Gasteiger charge is 2.25. The average Bonchev–Trinajstić information content (AvgIpc) is 3.70. The summed E-state index contributed by atoms with van der Waals surface area (Å²) in [6.07, 6.45) is 0. The number of ether oxygens (including phenoxy) is 1. The van der Waals surface area contributed by atoms with E-state index in [1.165, 1.54) is 11.3 Å². The number of nitriles is 1. The lowest BCUT2D eigenvalue weighted by Crippen LogP contribution is -2.20. The van der Waals surface area contributed by atoms with E-state index in [1.807, 2.05) is 85.8 Å². The van der Waals surface area contributed by atoms with E-state index in [9.17, 15) is 14.9 Å². The van der Waals surface area contributed by atoms with Gasteiger partial charge in [-0.3, -0.25) is 10.1 Å². The highest BCUT2D eigenvalue weighted by molar-refractivity contribution is 7.20. The Bertz CT molecular complexity index is 1990. The summed E-state index contributed by atoms with van der Waals surface area (Å²) < 4.78 is 13.1. The molecule has 3 aromatic heterocycles. The minimum atomic E-state index is -0.661. The number of hydrogen-bond acceptors (Lipinski definition) is 7. The number of furan rings is 1. The average molecular weight is 593 g/mol. The number of aryl methyl sites for hydroxylation is 1. The zero-order valence-corrected chi connectivity index (χ0v) is 23.7. The summed E-state index contributed by atoms with van der Waals surface area (Å²) in [5.41, 5.74) is 3.65. The van der Waals surface area contributed by atoms with Crippen LogP contribution in [-0.2, 0) is 9.53 Å². The number of thiophene rings is 1. The molecular weight excluding hydrogens is 572 g/mol. The number of amides is 1. The fraction of sp³-hybridized carbons (Fsp3) is 0.0625. The lowest BCUT2D eigenvalue weighted by Gasteiger charge is -2.05. The molecule has 6 rings (SSSR count). The molecule has 0 radical (unpaired) electrons. The standard InChI is InChI=1S/C32H21ClN4O4S/c1-19-22-16-26(42-31(22)37(36-19)25-15-9-8-14-24(25)33)32(39)40-18-27(38)35-30-23(17-34)28(20-10-4-2-5-11-20)29(41-30)21-12-6-3-7-13-21/h2-16H,18H2,1H3,(H,35,38). The van der Waals surface area contributed by atoms with Crippen molar-refractivity contribution in [2.75, 3.05) is 11.9 Å². The molecule has 42 heavy (non-hydrogen) atoms. The Morgan fingerprint density at radius 3 is 2.38 bits per heavy atom. The maximum Gasteiger partial charge on any atom is 0.348 e. The Morgan fingerprint density at radius 2 is 1.69 bits per heavy atom. The quantitative estimate of drug-likeness (QED) is 0.191. The molecule has 0 saturated carbocycles. The Labute approximate surface area is 249 Å². The van der Waals surface area contributed by atoms with Crippen LogP contribution in [0.1, 0.15) is 20.9 Å². The van der Waals surface area contributed by atoms with Gasteiger partial charge < -0.3 is 9.15 Å². The van der Waals surface area contributed by atoms with E-state index in [0.717, 1.165) is 27.0 Å². The van der Waals surface area contributed by atoms with Crippen LogP contribution in [0.5, 0.6) is 0 Å². The molecule has 0 aliphatic rings. The molecule has 0 bridgehead atoms. The monoisotopic (exact) mass is 592 g/mol. The second kappa shape index (κ2) is 11.4. The number of nitrogens with zero attached hydrogens (tertiary/aromatic N) is 3. The summed E-state index contributed by atoms with van der Waals surface area (Å²) in [5, 5.41) is 18.5. The van der Waals surface area contributed by atoms with Crippen LogP contribution < -0.4 is 5.32 Å². The largest absolute Gasteiger partial charge is 0.451 e. The van der Waals surface area contributed by atoms with Gasteiger partial charge >= 0.3 is 5.97 Å². The fourth-order valence-electron chi connectivity index (χ4n) is 4.60. The van der Waals surface area contributed by atoms with Crippen LogP contribution in [0.2, 0.25) is 5.02 Å². The smallest absolute Gasteiger partial charge is 0.348 e. The van der Waals surface area contributed by atoms with Crippen molar-refractivity contribution in [3.63, 3.8) is 0 Å². The molecule has 6 aromatic rings. The van der Waals surface area contributed by atoms with Crippen molar-refractivity contribution >= 4 is 50.9 Å². The molecule has 0 aliphatic carbocycles. The first-order valence-electron chi connectivity index (χ1n) is 12.8. The van der Waals surface area contributed by atoms with Crippen LogP contribution in [0.3, 0.4) is 0 Å². The van der Waals surface area contributed by atoms with Crippen molar-refractivity contribution in [1.82, 2.24) is 9.78 Å². The van der Waals surface area contributed by atoms with E-state index < -0.39 is 18.5 Å². The first-order chi connectivity index (χ1) is 20.4. The molecule has 8 nitrogen and oxygen atoms in total. The third kappa shape index (κ3) is 5.05. The normalized spacial score (nSPS) is 10.9. The van der Waals surface area contributed by atoms with Gasteiger partial charge in [0.25, 0.3) is 5.91 Å². The number of nitrogens with one attached hydrogen (secondary N) is 1. The minimum absolute atomic E-state index is 0.0198. The first kappa shape index (κ1) is 27.0. The molecule has 0 unspecified atom stereocenters. The SMILES string of the molecule is Cc1nn(-c2ccccc2Cl)c2sc(C(=O)OCC(=O)Nc3oc(-c4ccccc4)c(-c4ccccc4)c3C#N)cc12. The van der Waals surface area contributed by atoms with Gasteiger partial charge in [0.1, 0.15) is 27.1 Å². The number of anilines is 1. The lowest BCUT2D eigenvalue weighted by molar-refractivity contribution is -0.119. The second-order valence-corrected chi connectivity index (χ2v) is 10.7. The summed E-state index contributed by atoms with van der Waals surface area (Å²) in [5.74, 6) is -0.883. The van der Waals surface area contributed by atoms with Crippen LogP contribution >= 0.6 is 22.9 Å². The van der Waals surface area contributed by atoms with Gasteiger partial charge in [-0.1, -0.05) is 84.4 Å². The number of aromatic nitrogens is 2. The van der Waals surface area contributed by atoms with Crippen molar-refractivity contribution in [3.05, 3.63) is 112 Å². The molecule has 3 heterocycles. The highest BCUT2D eigenvalue weighted by Crippen LogP contribution is 2.41. The highest BCUT2D eigenvalue weighted by atomic mass is 35.5. The Hall–Kier alpha value is -5.17. The summed E-state index contributed by atoms with van der Waals surface area (Å²) >= 11 is 7.56. The number of rotatable bonds is 7. The molecular formula is C32H21ClN4O4S. The van der Waals surface area contributed by atoms with Crippen LogP contribution in [0.4, 0.5) is 5.88 Å². The third-order valence-electron chi connectivity index (χ3n) is 6.53. The van der Waals surface area contributed by atoms with E-state index in [2.05, 4.69) is 16.5 Å². The third-order valence-corrected chi connectivity index (χ3v) is 7.94. The Morgan fingerprint density at radius 1 is 1.02 bits per heavy atom. The van der Waals surface area contributed by atoms with Gasteiger partial charge in [-0.25, -0.2) is 9.48 Å². The molecule has 1 amide bonds. The van der Waals surface area contributed by atoms with E-state index in [4.69, 9.17) is 20.8 Å². The molecule has 206 valence electrons. The lowest BCUT2D eigenvalue weighted by atomic mass is 9.98.